The van der Waals surface area contributed by atoms with Crippen molar-refractivity contribution in [1.29, 1.82) is 0 Å². The zero-order valence-corrected chi connectivity index (χ0v) is 16.0. The molecule has 0 N–H and O–H groups in total. The van der Waals surface area contributed by atoms with E-state index in [1.807, 2.05) is 35.2 Å². The van der Waals surface area contributed by atoms with E-state index in [9.17, 15) is 14.4 Å². The van der Waals surface area contributed by atoms with E-state index in [0.29, 0.717) is 26.1 Å². The first-order valence-corrected chi connectivity index (χ1v) is 9.61. The fraction of sp³-hybridized carbons (Fsp3) is 0.429. The highest BCUT2D eigenvalue weighted by atomic mass is 16.2. The first-order chi connectivity index (χ1) is 13.5. The van der Waals surface area contributed by atoms with Gasteiger partial charge in [-0.1, -0.05) is 30.3 Å². The van der Waals surface area contributed by atoms with Crippen LogP contribution in [0.4, 0.5) is 0 Å². The van der Waals surface area contributed by atoms with Gasteiger partial charge in [-0.05, 0) is 24.5 Å². The third kappa shape index (κ3) is 3.56. The second-order valence-electron chi connectivity index (χ2n) is 7.88. The van der Waals surface area contributed by atoms with Crippen molar-refractivity contribution in [3.63, 3.8) is 0 Å². The summed E-state index contributed by atoms with van der Waals surface area (Å²) < 4.78 is 1.18. The number of piperidine rings is 1. The molecule has 7 heteroatoms. The molecule has 2 aliphatic rings. The Kier molecular flexibility index (Phi) is 4.75. The first-order valence-electron chi connectivity index (χ1n) is 9.61. The Morgan fingerprint density at radius 2 is 1.79 bits per heavy atom. The van der Waals surface area contributed by atoms with Crippen molar-refractivity contribution < 1.29 is 9.59 Å². The molecule has 7 nitrogen and oxygen atoms in total. The quantitative estimate of drug-likeness (QED) is 0.807. The molecule has 2 amide bonds. The van der Waals surface area contributed by atoms with Crippen LogP contribution in [0.3, 0.4) is 0 Å². The van der Waals surface area contributed by atoms with Gasteiger partial charge in [0.05, 0.1) is 0 Å². The van der Waals surface area contributed by atoms with Crippen LogP contribution in [0.5, 0.6) is 0 Å². The topological polar surface area (TPSA) is 75.5 Å². The van der Waals surface area contributed by atoms with Crippen LogP contribution < -0.4 is 5.56 Å². The average Bonchev–Trinajstić information content (AvgIpc) is 2.99. The van der Waals surface area contributed by atoms with Crippen molar-refractivity contribution in [3.05, 3.63) is 64.1 Å². The molecule has 1 aromatic heterocycles. The fourth-order valence-corrected chi connectivity index (χ4v) is 4.23. The molecule has 1 aromatic carbocycles. The van der Waals surface area contributed by atoms with Crippen LogP contribution in [0.2, 0.25) is 0 Å². The number of likely N-dealkylation sites (tertiary alicyclic amines) is 2. The van der Waals surface area contributed by atoms with E-state index < -0.39 is 0 Å². The molecule has 0 atom stereocenters. The van der Waals surface area contributed by atoms with E-state index in [2.05, 4.69) is 5.10 Å². The van der Waals surface area contributed by atoms with Gasteiger partial charge in [0, 0.05) is 51.1 Å². The van der Waals surface area contributed by atoms with E-state index in [4.69, 9.17) is 0 Å². The lowest BCUT2D eigenvalue weighted by molar-refractivity contribution is -0.128. The summed E-state index contributed by atoms with van der Waals surface area (Å²) in [6.07, 6.45) is 2.17. The third-order valence-corrected chi connectivity index (χ3v) is 5.91. The van der Waals surface area contributed by atoms with Crippen molar-refractivity contribution in [2.75, 3.05) is 19.6 Å². The summed E-state index contributed by atoms with van der Waals surface area (Å²) in [7, 11) is 1.54. The molecule has 0 aliphatic carbocycles. The van der Waals surface area contributed by atoms with Crippen LogP contribution in [0.1, 0.15) is 35.3 Å². The highest BCUT2D eigenvalue weighted by molar-refractivity contribution is 5.92. The molecule has 0 radical (unpaired) electrons. The van der Waals surface area contributed by atoms with Gasteiger partial charge in [0.1, 0.15) is 5.69 Å². The van der Waals surface area contributed by atoms with Gasteiger partial charge < -0.3 is 9.80 Å². The average molecular weight is 380 g/mol. The van der Waals surface area contributed by atoms with E-state index in [1.165, 1.54) is 23.9 Å². The summed E-state index contributed by atoms with van der Waals surface area (Å²) in [5.41, 5.74) is 1.14. The van der Waals surface area contributed by atoms with Gasteiger partial charge in [-0.15, -0.1) is 0 Å². The van der Waals surface area contributed by atoms with Crippen molar-refractivity contribution in [2.24, 2.45) is 12.5 Å². The maximum Gasteiger partial charge on any atom is 0.274 e. The van der Waals surface area contributed by atoms with E-state index >= 15 is 0 Å². The number of hydrogen-bond donors (Lipinski definition) is 0. The van der Waals surface area contributed by atoms with Gasteiger partial charge in [0.15, 0.2) is 0 Å². The van der Waals surface area contributed by atoms with Crippen LogP contribution in [0.15, 0.2) is 47.3 Å². The predicted molar refractivity (Wildman–Crippen MR) is 104 cm³/mol. The molecule has 0 bridgehead atoms. The van der Waals surface area contributed by atoms with Crippen molar-refractivity contribution >= 4 is 11.8 Å². The fourth-order valence-electron chi connectivity index (χ4n) is 4.23. The molecule has 4 rings (SSSR count). The zero-order valence-electron chi connectivity index (χ0n) is 16.0. The van der Waals surface area contributed by atoms with Crippen molar-refractivity contribution in [1.82, 2.24) is 19.6 Å². The number of benzene rings is 1. The van der Waals surface area contributed by atoms with E-state index in [0.717, 1.165) is 24.9 Å². The zero-order chi connectivity index (χ0) is 19.7. The normalized spacial score (nSPS) is 18.7. The van der Waals surface area contributed by atoms with Crippen LogP contribution in [0, 0.1) is 5.41 Å². The molecular weight excluding hydrogens is 356 g/mol. The number of aromatic nitrogens is 2. The predicted octanol–water partition coefficient (Wildman–Crippen LogP) is 1.44. The van der Waals surface area contributed by atoms with E-state index in [1.54, 1.807) is 4.90 Å². The lowest BCUT2D eigenvalue weighted by Crippen LogP contribution is -2.44. The lowest BCUT2D eigenvalue weighted by Gasteiger charge is -2.38. The maximum atomic E-state index is 12.7. The van der Waals surface area contributed by atoms with Crippen LogP contribution >= 0.6 is 0 Å². The largest absolute Gasteiger partial charge is 0.338 e. The standard InChI is InChI=1S/C21H24N4O3/c1-23-18(26)8-7-17(22-23)20(28)24-11-9-21(10-12-24)13-19(27)25(15-21)14-16-5-3-2-4-6-16/h2-8H,9-15H2,1H3. The molecular formula is C21H24N4O3. The molecule has 3 heterocycles. The van der Waals surface area contributed by atoms with Gasteiger partial charge in [-0.2, -0.15) is 5.10 Å². The summed E-state index contributed by atoms with van der Waals surface area (Å²) in [4.78, 5) is 40.5. The maximum absolute atomic E-state index is 12.7. The Labute approximate surface area is 163 Å². The number of rotatable bonds is 3. The Morgan fingerprint density at radius 1 is 1.07 bits per heavy atom. The van der Waals surface area contributed by atoms with Crippen molar-refractivity contribution in [2.45, 2.75) is 25.8 Å². The molecule has 2 saturated heterocycles. The molecule has 2 aromatic rings. The smallest absolute Gasteiger partial charge is 0.274 e. The second kappa shape index (κ2) is 7.22. The Hall–Kier alpha value is -2.96. The van der Waals surface area contributed by atoms with E-state index in [-0.39, 0.29) is 28.5 Å². The van der Waals surface area contributed by atoms with Gasteiger partial charge in [0.25, 0.3) is 11.5 Å². The lowest BCUT2D eigenvalue weighted by atomic mass is 9.77. The number of hydrogen-bond acceptors (Lipinski definition) is 4. The molecule has 28 heavy (non-hydrogen) atoms. The summed E-state index contributed by atoms with van der Waals surface area (Å²) in [5, 5.41) is 4.06. The van der Waals surface area contributed by atoms with Crippen LogP contribution in [-0.4, -0.2) is 51.0 Å². The first kappa shape index (κ1) is 18.4. The Morgan fingerprint density at radius 3 is 2.46 bits per heavy atom. The second-order valence-corrected chi connectivity index (χ2v) is 7.88. The molecule has 0 saturated carbocycles. The number of amides is 2. The number of aryl methyl sites for hydroxylation is 1. The molecule has 146 valence electrons. The molecule has 2 fully saturated rings. The minimum Gasteiger partial charge on any atom is -0.338 e. The summed E-state index contributed by atoms with van der Waals surface area (Å²) in [6, 6.07) is 12.9. The van der Waals surface area contributed by atoms with Gasteiger partial charge in [0.2, 0.25) is 5.91 Å². The molecule has 2 aliphatic heterocycles. The monoisotopic (exact) mass is 380 g/mol. The highest BCUT2D eigenvalue weighted by Gasteiger charge is 2.45. The summed E-state index contributed by atoms with van der Waals surface area (Å²) in [5.74, 6) is 0.0410. The van der Waals surface area contributed by atoms with Gasteiger partial charge >= 0.3 is 0 Å². The summed E-state index contributed by atoms with van der Waals surface area (Å²) >= 11 is 0. The summed E-state index contributed by atoms with van der Waals surface area (Å²) in [6.45, 7) is 2.61. The minimum absolute atomic E-state index is 0.0420. The Balaban J connectivity index is 1.39. The number of carbonyl (C=O) groups is 2. The Bertz CT molecular complexity index is 946. The molecule has 0 unspecified atom stereocenters. The van der Waals surface area contributed by atoms with Crippen LogP contribution in [-0.2, 0) is 18.4 Å². The van der Waals surface area contributed by atoms with Gasteiger partial charge in [-0.3, -0.25) is 14.4 Å². The minimum atomic E-state index is -0.239. The highest BCUT2D eigenvalue weighted by Crippen LogP contribution is 2.41. The van der Waals surface area contributed by atoms with Crippen molar-refractivity contribution in [3.8, 4) is 0 Å². The SMILES string of the molecule is Cn1nc(C(=O)N2CCC3(CC2)CC(=O)N(Cc2ccccc2)C3)ccc1=O. The third-order valence-electron chi connectivity index (χ3n) is 5.91. The number of nitrogens with zero attached hydrogens (tertiary/aromatic N) is 4. The number of carbonyl (C=O) groups excluding carboxylic acids is 2. The molecule has 1 spiro atoms. The van der Waals surface area contributed by atoms with Gasteiger partial charge in [-0.25, -0.2) is 4.68 Å². The van der Waals surface area contributed by atoms with Crippen LogP contribution in [0.25, 0.3) is 0 Å².